The fraction of sp³-hybridized carbons (Fsp3) is 0.571. The number of anilines is 1. The lowest BCUT2D eigenvalue weighted by molar-refractivity contribution is 0.751. The molecule has 0 aliphatic heterocycles. The predicted molar refractivity (Wildman–Crippen MR) is 76.9 cm³/mol. The molecule has 1 fully saturated rings. The SMILES string of the molecule is CCSC1CCC(Nc2nccc(C)c2C#N)C1. The van der Waals surface area contributed by atoms with Gasteiger partial charge in [0, 0.05) is 17.5 Å². The second-order valence-electron chi connectivity index (χ2n) is 4.69. The lowest BCUT2D eigenvalue weighted by atomic mass is 10.1. The first-order valence-electron chi connectivity index (χ1n) is 6.48. The summed E-state index contributed by atoms with van der Waals surface area (Å²) in [5.74, 6) is 1.94. The first-order chi connectivity index (χ1) is 8.74. The molecule has 1 saturated carbocycles. The molecule has 2 unspecified atom stereocenters. The van der Waals surface area contributed by atoms with Crippen LogP contribution in [-0.2, 0) is 0 Å². The van der Waals surface area contributed by atoms with Gasteiger partial charge in [0.1, 0.15) is 11.9 Å². The van der Waals surface area contributed by atoms with Crippen LogP contribution in [0.3, 0.4) is 0 Å². The minimum absolute atomic E-state index is 0.468. The Kier molecular flexibility index (Phi) is 4.48. The smallest absolute Gasteiger partial charge is 0.144 e. The van der Waals surface area contributed by atoms with Gasteiger partial charge >= 0.3 is 0 Å². The maximum absolute atomic E-state index is 9.18. The zero-order valence-electron chi connectivity index (χ0n) is 10.9. The van der Waals surface area contributed by atoms with E-state index in [1.54, 1.807) is 6.20 Å². The lowest BCUT2D eigenvalue weighted by Gasteiger charge is -2.15. The average Bonchev–Trinajstić information content (AvgIpc) is 2.77. The maximum Gasteiger partial charge on any atom is 0.144 e. The number of nitriles is 1. The zero-order valence-corrected chi connectivity index (χ0v) is 11.8. The van der Waals surface area contributed by atoms with Gasteiger partial charge in [0.2, 0.25) is 0 Å². The van der Waals surface area contributed by atoms with Crippen LogP contribution in [0, 0.1) is 18.3 Å². The van der Waals surface area contributed by atoms with Gasteiger partial charge in [-0.05, 0) is 43.6 Å². The van der Waals surface area contributed by atoms with Crippen LogP contribution in [-0.4, -0.2) is 22.0 Å². The number of nitrogens with one attached hydrogen (secondary N) is 1. The molecule has 3 nitrogen and oxygen atoms in total. The highest BCUT2D eigenvalue weighted by Crippen LogP contribution is 2.31. The Morgan fingerprint density at radius 2 is 2.39 bits per heavy atom. The molecule has 0 radical (unpaired) electrons. The highest BCUT2D eigenvalue weighted by Gasteiger charge is 2.25. The van der Waals surface area contributed by atoms with Crippen LogP contribution in [0.15, 0.2) is 12.3 Å². The third-order valence-electron chi connectivity index (χ3n) is 3.40. The summed E-state index contributed by atoms with van der Waals surface area (Å²) in [6, 6.07) is 4.60. The summed E-state index contributed by atoms with van der Waals surface area (Å²) in [5, 5.41) is 13.4. The van der Waals surface area contributed by atoms with Crippen molar-refractivity contribution in [2.24, 2.45) is 0 Å². The highest BCUT2D eigenvalue weighted by molar-refractivity contribution is 7.99. The number of hydrogen-bond acceptors (Lipinski definition) is 4. The summed E-state index contributed by atoms with van der Waals surface area (Å²) in [6.07, 6.45) is 5.40. The fourth-order valence-corrected chi connectivity index (χ4v) is 3.60. The molecule has 0 aromatic carbocycles. The fourth-order valence-electron chi connectivity index (χ4n) is 2.46. The van der Waals surface area contributed by atoms with Crippen LogP contribution < -0.4 is 5.32 Å². The Bertz CT molecular complexity index is 453. The van der Waals surface area contributed by atoms with Crippen LogP contribution >= 0.6 is 11.8 Å². The van der Waals surface area contributed by atoms with Crippen LogP contribution in [0.1, 0.15) is 37.3 Å². The van der Waals surface area contributed by atoms with Crippen LogP contribution in [0.25, 0.3) is 0 Å². The Morgan fingerprint density at radius 3 is 3.11 bits per heavy atom. The van der Waals surface area contributed by atoms with Crippen LogP contribution in [0.4, 0.5) is 5.82 Å². The number of hydrogen-bond donors (Lipinski definition) is 1. The van der Waals surface area contributed by atoms with E-state index in [-0.39, 0.29) is 0 Å². The molecule has 1 heterocycles. The second-order valence-corrected chi connectivity index (χ2v) is 6.27. The standard InChI is InChI=1S/C14H19N3S/c1-3-18-12-5-4-11(8-12)17-14-13(9-15)10(2)6-7-16-14/h6-7,11-12H,3-5,8H2,1-2H3,(H,16,17). The van der Waals surface area contributed by atoms with Crippen molar-refractivity contribution in [1.29, 1.82) is 5.26 Å². The third kappa shape index (κ3) is 2.97. The molecule has 1 aromatic rings. The van der Waals surface area contributed by atoms with E-state index in [0.29, 0.717) is 11.6 Å². The Morgan fingerprint density at radius 1 is 1.56 bits per heavy atom. The number of thioether (sulfide) groups is 1. The van der Waals surface area contributed by atoms with E-state index >= 15 is 0 Å². The minimum atomic E-state index is 0.468. The Labute approximate surface area is 113 Å². The van der Waals surface area contributed by atoms with Crippen molar-refractivity contribution < 1.29 is 0 Å². The number of aromatic nitrogens is 1. The summed E-state index contributed by atoms with van der Waals surface area (Å²) in [6.45, 7) is 4.16. The van der Waals surface area contributed by atoms with E-state index in [4.69, 9.17) is 0 Å². The first kappa shape index (κ1) is 13.2. The summed E-state index contributed by atoms with van der Waals surface area (Å²) >= 11 is 2.04. The minimum Gasteiger partial charge on any atom is -0.366 e. The van der Waals surface area contributed by atoms with E-state index in [1.807, 2.05) is 24.8 Å². The molecule has 2 atom stereocenters. The van der Waals surface area contributed by atoms with Gasteiger partial charge in [-0.25, -0.2) is 4.98 Å². The van der Waals surface area contributed by atoms with Crippen molar-refractivity contribution in [2.75, 3.05) is 11.1 Å². The van der Waals surface area contributed by atoms with E-state index in [1.165, 1.54) is 25.0 Å². The summed E-state index contributed by atoms with van der Waals surface area (Å²) in [4.78, 5) is 4.30. The van der Waals surface area contributed by atoms with Crippen molar-refractivity contribution >= 4 is 17.6 Å². The summed E-state index contributed by atoms with van der Waals surface area (Å²) in [7, 11) is 0. The first-order valence-corrected chi connectivity index (χ1v) is 7.53. The van der Waals surface area contributed by atoms with Gasteiger partial charge in [-0.15, -0.1) is 0 Å². The molecule has 1 aromatic heterocycles. The molecule has 0 spiro atoms. The topological polar surface area (TPSA) is 48.7 Å². The maximum atomic E-state index is 9.18. The molecule has 0 amide bonds. The molecule has 1 aliphatic rings. The van der Waals surface area contributed by atoms with E-state index in [0.717, 1.165) is 16.6 Å². The quantitative estimate of drug-likeness (QED) is 0.903. The Balaban J connectivity index is 2.03. The highest BCUT2D eigenvalue weighted by atomic mass is 32.2. The van der Waals surface area contributed by atoms with E-state index < -0.39 is 0 Å². The average molecular weight is 261 g/mol. The molecule has 1 aliphatic carbocycles. The van der Waals surface area contributed by atoms with E-state index in [9.17, 15) is 5.26 Å². The summed E-state index contributed by atoms with van der Waals surface area (Å²) in [5.41, 5.74) is 1.68. The molecule has 18 heavy (non-hydrogen) atoms. The second kappa shape index (κ2) is 6.10. The number of rotatable bonds is 4. The van der Waals surface area contributed by atoms with Crippen molar-refractivity contribution in [3.63, 3.8) is 0 Å². The molecular formula is C14H19N3S. The molecule has 2 rings (SSSR count). The van der Waals surface area contributed by atoms with Gasteiger partial charge in [0.25, 0.3) is 0 Å². The van der Waals surface area contributed by atoms with Gasteiger partial charge in [-0.3, -0.25) is 0 Å². The van der Waals surface area contributed by atoms with Gasteiger partial charge in [-0.1, -0.05) is 6.92 Å². The van der Waals surface area contributed by atoms with Crippen molar-refractivity contribution in [2.45, 2.75) is 44.4 Å². The van der Waals surface area contributed by atoms with Gasteiger partial charge < -0.3 is 5.32 Å². The van der Waals surface area contributed by atoms with Crippen LogP contribution in [0.2, 0.25) is 0 Å². The molecular weight excluding hydrogens is 242 g/mol. The number of pyridine rings is 1. The third-order valence-corrected chi connectivity index (χ3v) is 4.63. The van der Waals surface area contributed by atoms with Crippen molar-refractivity contribution in [3.05, 3.63) is 23.4 Å². The molecule has 1 N–H and O–H groups in total. The summed E-state index contributed by atoms with van der Waals surface area (Å²) < 4.78 is 0. The van der Waals surface area contributed by atoms with E-state index in [2.05, 4.69) is 23.3 Å². The molecule has 0 saturated heterocycles. The molecule has 96 valence electrons. The predicted octanol–water partition coefficient (Wildman–Crippen LogP) is 3.35. The van der Waals surface area contributed by atoms with Crippen molar-refractivity contribution in [3.8, 4) is 6.07 Å². The largest absolute Gasteiger partial charge is 0.366 e. The number of aryl methyl sites for hydroxylation is 1. The molecule has 4 heteroatoms. The normalized spacial score (nSPS) is 22.7. The van der Waals surface area contributed by atoms with Crippen LogP contribution in [0.5, 0.6) is 0 Å². The zero-order chi connectivity index (χ0) is 13.0. The lowest BCUT2D eigenvalue weighted by Crippen LogP contribution is -2.18. The number of nitrogens with zero attached hydrogens (tertiary/aromatic N) is 2. The van der Waals surface area contributed by atoms with Gasteiger partial charge in [-0.2, -0.15) is 17.0 Å². The van der Waals surface area contributed by atoms with Gasteiger partial charge in [0.05, 0.1) is 5.56 Å². The van der Waals surface area contributed by atoms with Gasteiger partial charge in [0.15, 0.2) is 0 Å². The Hall–Kier alpha value is -1.21. The van der Waals surface area contributed by atoms with Crippen molar-refractivity contribution in [1.82, 2.24) is 4.98 Å². The monoisotopic (exact) mass is 261 g/mol. The molecule has 0 bridgehead atoms.